The number of carbonyl (C=O) groups excluding carboxylic acids is 1. The van der Waals surface area contributed by atoms with Gasteiger partial charge in [-0.3, -0.25) is 4.79 Å². The first-order valence-corrected chi connectivity index (χ1v) is 9.55. The molecule has 1 amide bonds. The molecular formula is C24H16F4N2O. The lowest BCUT2D eigenvalue weighted by atomic mass is 9.90. The number of hydrogen-bond acceptors (Lipinski definition) is 2. The van der Waals surface area contributed by atoms with E-state index in [1.165, 1.54) is 0 Å². The minimum absolute atomic E-state index is 0.229. The number of nitriles is 1. The van der Waals surface area contributed by atoms with E-state index in [0.717, 1.165) is 17.2 Å². The molecule has 1 saturated carbocycles. The number of nitrogens with zero attached hydrogens (tertiary/aromatic N) is 1. The average Bonchev–Trinajstić information content (AvgIpc) is 3.52. The Morgan fingerprint density at radius 1 is 0.935 bits per heavy atom. The summed E-state index contributed by atoms with van der Waals surface area (Å²) in [5.74, 6) is -8.28. The molecule has 2 atom stereocenters. The highest BCUT2D eigenvalue weighted by atomic mass is 19.2. The molecule has 3 aromatic rings. The van der Waals surface area contributed by atoms with Gasteiger partial charge in [-0.2, -0.15) is 5.26 Å². The second-order valence-electron chi connectivity index (χ2n) is 7.56. The van der Waals surface area contributed by atoms with Crippen LogP contribution in [0.4, 0.5) is 23.2 Å². The van der Waals surface area contributed by atoms with Gasteiger partial charge in [0.1, 0.15) is 17.3 Å². The third kappa shape index (κ3) is 3.55. The van der Waals surface area contributed by atoms with E-state index in [2.05, 4.69) is 5.32 Å². The first-order chi connectivity index (χ1) is 14.9. The maximum Gasteiger partial charge on any atom is 0.231 e. The Labute approximate surface area is 175 Å². The fourth-order valence-electron chi connectivity index (χ4n) is 3.99. The minimum Gasteiger partial charge on any atom is -0.320 e. The summed E-state index contributed by atoms with van der Waals surface area (Å²) in [7, 11) is 0. The van der Waals surface area contributed by atoms with Crippen molar-refractivity contribution in [2.45, 2.75) is 18.8 Å². The molecule has 0 heterocycles. The molecule has 1 aliphatic rings. The fourth-order valence-corrected chi connectivity index (χ4v) is 3.99. The van der Waals surface area contributed by atoms with E-state index in [1.807, 2.05) is 60.7 Å². The van der Waals surface area contributed by atoms with Gasteiger partial charge in [-0.15, -0.1) is 0 Å². The summed E-state index contributed by atoms with van der Waals surface area (Å²) in [6, 6.07) is 19.4. The molecule has 0 saturated heterocycles. The number of anilines is 1. The van der Waals surface area contributed by atoms with Crippen molar-refractivity contribution < 1.29 is 22.4 Å². The zero-order valence-electron chi connectivity index (χ0n) is 16.1. The van der Waals surface area contributed by atoms with Gasteiger partial charge in [0.15, 0.2) is 23.3 Å². The van der Waals surface area contributed by atoms with Crippen LogP contribution in [0.1, 0.15) is 29.0 Å². The van der Waals surface area contributed by atoms with Gasteiger partial charge in [0.05, 0.1) is 5.41 Å². The van der Waals surface area contributed by atoms with E-state index in [1.54, 1.807) is 0 Å². The number of hydrogen-bond donors (Lipinski definition) is 1. The first-order valence-electron chi connectivity index (χ1n) is 9.55. The summed E-state index contributed by atoms with van der Waals surface area (Å²) in [4.78, 5) is 13.2. The van der Waals surface area contributed by atoms with Gasteiger partial charge in [0.25, 0.3) is 0 Å². The average molecular weight is 424 g/mol. The molecule has 3 nitrogen and oxygen atoms in total. The van der Waals surface area contributed by atoms with Crippen LogP contribution in [-0.2, 0) is 11.2 Å². The molecule has 4 rings (SSSR count). The summed E-state index contributed by atoms with van der Waals surface area (Å²) in [5, 5.41) is 10.8. The van der Waals surface area contributed by atoms with Crippen molar-refractivity contribution in [1.82, 2.24) is 0 Å². The molecule has 0 aromatic heterocycles. The smallest absolute Gasteiger partial charge is 0.231 e. The Balaban J connectivity index is 1.71. The second-order valence-corrected chi connectivity index (χ2v) is 7.56. The van der Waals surface area contributed by atoms with E-state index < -0.39 is 45.8 Å². The largest absolute Gasteiger partial charge is 0.320 e. The molecule has 156 valence electrons. The van der Waals surface area contributed by atoms with Crippen molar-refractivity contribution in [2.24, 2.45) is 5.41 Å². The van der Waals surface area contributed by atoms with Crippen LogP contribution in [0.5, 0.6) is 0 Å². The molecular weight excluding hydrogens is 408 g/mol. The van der Waals surface area contributed by atoms with Crippen molar-refractivity contribution in [3.63, 3.8) is 0 Å². The zero-order chi connectivity index (χ0) is 22.2. The topological polar surface area (TPSA) is 52.9 Å². The number of halogens is 4. The van der Waals surface area contributed by atoms with Crippen LogP contribution in [0.25, 0.3) is 0 Å². The van der Waals surface area contributed by atoms with Gasteiger partial charge in [-0.25, -0.2) is 17.6 Å². The summed E-state index contributed by atoms with van der Waals surface area (Å²) in [6.45, 7) is 0. The van der Waals surface area contributed by atoms with E-state index in [0.29, 0.717) is 6.42 Å². The van der Waals surface area contributed by atoms with E-state index in [4.69, 9.17) is 5.26 Å². The Bertz CT molecular complexity index is 1160. The van der Waals surface area contributed by atoms with Gasteiger partial charge in [-0.1, -0.05) is 60.7 Å². The number of benzene rings is 3. The number of nitrogens with one attached hydrogen (secondary N) is 1. The monoisotopic (exact) mass is 424 g/mol. The maximum absolute atomic E-state index is 14.4. The van der Waals surface area contributed by atoms with Crippen molar-refractivity contribution in [3.8, 4) is 6.07 Å². The maximum atomic E-state index is 14.4. The van der Waals surface area contributed by atoms with Gasteiger partial charge in [0.2, 0.25) is 5.91 Å². The van der Waals surface area contributed by atoms with Crippen LogP contribution in [0.2, 0.25) is 0 Å². The summed E-state index contributed by atoms with van der Waals surface area (Å²) in [5.41, 5.74) is -1.92. The highest BCUT2D eigenvalue weighted by Gasteiger charge is 2.60. The Hall–Kier alpha value is -3.66. The van der Waals surface area contributed by atoms with Crippen LogP contribution in [0.3, 0.4) is 0 Å². The Morgan fingerprint density at radius 2 is 1.48 bits per heavy atom. The summed E-state index contributed by atoms with van der Waals surface area (Å²) in [6.07, 6.45) is 0.686. The molecule has 0 unspecified atom stereocenters. The molecule has 7 heteroatoms. The molecule has 0 radical (unpaired) electrons. The predicted molar refractivity (Wildman–Crippen MR) is 106 cm³/mol. The molecule has 0 aliphatic heterocycles. The van der Waals surface area contributed by atoms with Crippen LogP contribution >= 0.6 is 0 Å². The Kier molecular flexibility index (Phi) is 5.24. The standard InChI is InChI=1S/C24H16F4N2O/c25-18-16(13-29)19(26)21(28)22(20(18)27)30-23(31)24(11-14-7-3-1-4-8-14)12-17(24)15-9-5-2-6-10-15/h1-10,17H,11-12H2,(H,30,31)/t17-,24-/m0/s1. The lowest BCUT2D eigenvalue weighted by Gasteiger charge is -2.19. The van der Waals surface area contributed by atoms with Crippen LogP contribution in [0, 0.1) is 40.0 Å². The van der Waals surface area contributed by atoms with Crippen LogP contribution < -0.4 is 5.32 Å². The molecule has 1 fully saturated rings. The number of rotatable bonds is 5. The molecule has 1 aliphatic carbocycles. The lowest BCUT2D eigenvalue weighted by molar-refractivity contribution is -0.121. The molecule has 0 spiro atoms. The van der Waals surface area contributed by atoms with Gasteiger partial charge in [0, 0.05) is 0 Å². The number of amides is 1. The molecule has 3 aromatic carbocycles. The van der Waals surface area contributed by atoms with E-state index in [9.17, 15) is 22.4 Å². The quantitative estimate of drug-likeness (QED) is 0.436. The van der Waals surface area contributed by atoms with Crippen molar-refractivity contribution >= 4 is 11.6 Å². The summed E-state index contributed by atoms with van der Waals surface area (Å²) < 4.78 is 56.7. The normalized spacial score (nSPS) is 19.5. The molecule has 0 bridgehead atoms. The lowest BCUT2D eigenvalue weighted by Crippen LogP contribution is -2.29. The van der Waals surface area contributed by atoms with E-state index >= 15 is 0 Å². The minimum atomic E-state index is -1.84. The van der Waals surface area contributed by atoms with Gasteiger partial charge < -0.3 is 5.32 Å². The predicted octanol–water partition coefficient (Wildman–Crippen LogP) is 5.47. The van der Waals surface area contributed by atoms with Gasteiger partial charge >= 0.3 is 0 Å². The highest BCUT2D eigenvalue weighted by Crippen LogP contribution is 2.61. The summed E-state index contributed by atoms with van der Waals surface area (Å²) >= 11 is 0. The van der Waals surface area contributed by atoms with Crippen LogP contribution in [0.15, 0.2) is 60.7 Å². The van der Waals surface area contributed by atoms with Gasteiger partial charge in [-0.05, 0) is 29.9 Å². The molecule has 1 N–H and O–H groups in total. The number of carbonyl (C=O) groups is 1. The van der Waals surface area contributed by atoms with Crippen molar-refractivity contribution in [2.75, 3.05) is 5.32 Å². The fraction of sp³-hybridized carbons (Fsp3) is 0.167. The first kappa shape index (κ1) is 20.6. The van der Waals surface area contributed by atoms with Crippen molar-refractivity contribution in [1.29, 1.82) is 5.26 Å². The Morgan fingerprint density at radius 3 is 2.03 bits per heavy atom. The second kappa shape index (κ2) is 7.88. The van der Waals surface area contributed by atoms with E-state index in [-0.39, 0.29) is 12.3 Å². The zero-order valence-corrected chi connectivity index (χ0v) is 16.1. The molecule has 31 heavy (non-hydrogen) atoms. The van der Waals surface area contributed by atoms with Crippen LogP contribution in [-0.4, -0.2) is 5.91 Å². The highest BCUT2D eigenvalue weighted by molar-refractivity contribution is 5.99. The third-order valence-electron chi connectivity index (χ3n) is 5.71. The van der Waals surface area contributed by atoms with Crippen molar-refractivity contribution in [3.05, 3.63) is 101 Å². The SMILES string of the molecule is N#Cc1c(F)c(F)c(NC(=O)[C@@]2(Cc3ccccc3)C[C@H]2c2ccccc2)c(F)c1F. The third-order valence-corrected chi connectivity index (χ3v) is 5.71.